The second-order valence-corrected chi connectivity index (χ2v) is 7.83. The molecule has 2 atom stereocenters. The van der Waals surface area contributed by atoms with Gasteiger partial charge in [-0.05, 0) is 60.0 Å². The lowest BCUT2D eigenvalue weighted by Gasteiger charge is -2.27. The Kier molecular flexibility index (Phi) is 7.31. The van der Waals surface area contributed by atoms with Crippen LogP contribution in [-0.2, 0) is 4.79 Å². The molecule has 0 heterocycles. The third-order valence-corrected chi connectivity index (χ3v) is 5.14. The number of halogens is 1. The van der Waals surface area contributed by atoms with Crippen LogP contribution in [0.3, 0.4) is 0 Å². The Morgan fingerprint density at radius 2 is 1.57 bits per heavy atom. The van der Waals surface area contributed by atoms with Crippen LogP contribution < -0.4 is 9.47 Å². The summed E-state index contributed by atoms with van der Waals surface area (Å²) in [6, 6.07) is 24.1. The summed E-state index contributed by atoms with van der Waals surface area (Å²) in [5, 5.41) is 0.592. The lowest BCUT2D eigenvalue weighted by Crippen LogP contribution is -2.30. The van der Waals surface area contributed by atoms with E-state index in [1.807, 2.05) is 68.4 Å². The largest absolute Gasteiger partial charge is 0.457 e. The minimum Gasteiger partial charge on any atom is -0.457 e. The first kappa shape index (κ1) is 21.7. The molecule has 0 saturated carbocycles. The van der Waals surface area contributed by atoms with E-state index in [-0.39, 0.29) is 17.8 Å². The second kappa shape index (κ2) is 10.1. The van der Waals surface area contributed by atoms with Crippen LogP contribution >= 0.6 is 11.6 Å². The van der Waals surface area contributed by atoms with Gasteiger partial charge in [-0.25, -0.2) is 0 Å². The SMILES string of the molecule is C=CC(c1cccc(Oc2ccccc2)c1)C(C(=O)Oc1ccc(Cl)cc1)C(C)C. The van der Waals surface area contributed by atoms with Crippen LogP contribution in [0.5, 0.6) is 17.2 Å². The number of ether oxygens (including phenoxy) is 2. The lowest BCUT2D eigenvalue weighted by molar-refractivity contribution is -0.140. The molecule has 0 spiro atoms. The van der Waals surface area contributed by atoms with Gasteiger partial charge in [-0.3, -0.25) is 4.79 Å². The average Bonchev–Trinajstić information content (AvgIpc) is 2.74. The molecule has 3 rings (SSSR count). The fourth-order valence-electron chi connectivity index (χ4n) is 3.42. The number of rotatable bonds is 8. The van der Waals surface area contributed by atoms with Crippen LogP contribution in [0.4, 0.5) is 0 Å². The number of carbonyl (C=O) groups excluding carboxylic acids is 1. The minimum atomic E-state index is -0.398. The normalized spacial score (nSPS) is 12.8. The number of esters is 1. The molecule has 0 aliphatic carbocycles. The first-order chi connectivity index (χ1) is 14.5. The standard InChI is InChI=1S/C26H25ClO3/c1-4-24(19-9-8-12-23(17-19)29-21-10-6-5-7-11-21)25(18(2)3)26(28)30-22-15-13-20(27)14-16-22/h4-18,24-25H,1H2,2-3H3. The Bertz CT molecular complexity index is 981. The summed E-state index contributed by atoms with van der Waals surface area (Å²) in [5.41, 5.74) is 0.949. The highest BCUT2D eigenvalue weighted by Crippen LogP contribution is 2.35. The molecule has 30 heavy (non-hydrogen) atoms. The van der Waals surface area contributed by atoms with Gasteiger partial charge in [0.05, 0.1) is 5.92 Å². The molecule has 0 aliphatic rings. The quantitative estimate of drug-likeness (QED) is 0.218. The molecule has 0 aliphatic heterocycles. The zero-order valence-electron chi connectivity index (χ0n) is 17.1. The number of carbonyl (C=O) groups is 1. The Labute approximate surface area is 182 Å². The van der Waals surface area contributed by atoms with Crippen molar-refractivity contribution < 1.29 is 14.3 Å². The van der Waals surface area contributed by atoms with Crippen molar-refractivity contribution in [2.24, 2.45) is 11.8 Å². The van der Waals surface area contributed by atoms with E-state index in [0.29, 0.717) is 16.5 Å². The Hall–Kier alpha value is -3.04. The van der Waals surface area contributed by atoms with Gasteiger partial charge in [-0.1, -0.05) is 61.9 Å². The monoisotopic (exact) mass is 420 g/mol. The number of para-hydroxylation sites is 1. The molecule has 0 radical (unpaired) electrons. The van der Waals surface area contributed by atoms with Crippen LogP contribution in [0, 0.1) is 11.8 Å². The molecule has 4 heteroatoms. The highest BCUT2D eigenvalue weighted by molar-refractivity contribution is 6.30. The van der Waals surface area contributed by atoms with Crippen molar-refractivity contribution in [2.75, 3.05) is 0 Å². The third-order valence-electron chi connectivity index (χ3n) is 4.89. The molecule has 3 nitrogen and oxygen atoms in total. The highest BCUT2D eigenvalue weighted by Gasteiger charge is 2.32. The smallest absolute Gasteiger partial charge is 0.315 e. The van der Waals surface area contributed by atoms with Gasteiger partial charge in [0.1, 0.15) is 17.2 Å². The van der Waals surface area contributed by atoms with Crippen LogP contribution in [0.25, 0.3) is 0 Å². The fourth-order valence-corrected chi connectivity index (χ4v) is 3.55. The molecule has 0 amide bonds. The zero-order valence-corrected chi connectivity index (χ0v) is 17.9. The van der Waals surface area contributed by atoms with Crippen LogP contribution in [-0.4, -0.2) is 5.97 Å². The molecule has 0 bridgehead atoms. The maximum atomic E-state index is 13.1. The van der Waals surface area contributed by atoms with Crippen molar-refractivity contribution >= 4 is 17.6 Å². The van der Waals surface area contributed by atoms with Crippen molar-refractivity contribution in [3.63, 3.8) is 0 Å². The molecular formula is C26H25ClO3. The first-order valence-corrected chi connectivity index (χ1v) is 10.3. The summed E-state index contributed by atoms with van der Waals surface area (Å²) in [6.07, 6.45) is 1.80. The third kappa shape index (κ3) is 5.52. The number of allylic oxidation sites excluding steroid dienone is 1. The van der Waals surface area contributed by atoms with Crippen LogP contribution in [0.2, 0.25) is 5.02 Å². The summed E-state index contributed by atoms with van der Waals surface area (Å²) in [5.74, 6) is 1.07. The second-order valence-electron chi connectivity index (χ2n) is 7.39. The van der Waals surface area contributed by atoms with Crippen molar-refractivity contribution in [3.8, 4) is 17.2 Å². The van der Waals surface area contributed by atoms with Crippen LogP contribution in [0.1, 0.15) is 25.3 Å². The number of hydrogen-bond donors (Lipinski definition) is 0. The van der Waals surface area contributed by atoms with Gasteiger partial charge in [0.15, 0.2) is 0 Å². The van der Waals surface area contributed by atoms with Gasteiger partial charge in [0.25, 0.3) is 0 Å². The maximum Gasteiger partial charge on any atom is 0.315 e. The summed E-state index contributed by atoms with van der Waals surface area (Å²) >= 11 is 5.92. The van der Waals surface area contributed by atoms with Gasteiger partial charge >= 0.3 is 5.97 Å². The van der Waals surface area contributed by atoms with Gasteiger partial charge in [-0.2, -0.15) is 0 Å². The summed E-state index contributed by atoms with van der Waals surface area (Å²) in [4.78, 5) is 13.1. The predicted molar refractivity (Wildman–Crippen MR) is 121 cm³/mol. The molecule has 3 aromatic rings. The summed E-state index contributed by atoms with van der Waals surface area (Å²) < 4.78 is 11.6. The van der Waals surface area contributed by atoms with E-state index >= 15 is 0 Å². The molecule has 0 aromatic heterocycles. The van der Waals surface area contributed by atoms with Crippen molar-refractivity contribution in [1.82, 2.24) is 0 Å². The van der Waals surface area contributed by atoms with Gasteiger partial charge < -0.3 is 9.47 Å². The van der Waals surface area contributed by atoms with Gasteiger partial charge in [-0.15, -0.1) is 6.58 Å². The van der Waals surface area contributed by atoms with E-state index in [1.165, 1.54) is 0 Å². The molecule has 3 aromatic carbocycles. The molecule has 0 saturated heterocycles. The van der Waals surface area contributed by atoms with E-state index in [1.54, 1.807) is 30.3 Å². The van der Waals surface area contributed by atoms with Crippen molar-refractivity contribution in [2.45, 2.75) is 19.8 Å². The van der Waals surface area contributed by atoms with Crippen molar-refractivity contribution in [1.29, 1.82) is 0 Å². The molecular weight excluding hydrogens is 396 g/mol. The van der Waals surface area contributed by atoms with Gasteiger partial charge in [0.2, 0.25) is 0 Å². The number of benzene rings is 3. The molecule has 154 valence electrons. The van der Waals surface area contributed by atoms with Crippen molar-refractivity contribution in [3.05, 3.63) is 102 Å². The Morgan fingerprint density at radius 3 is 2.20 bits per heavy atom. The summed E-state index contributed by atoms with van der Waals surface area (Å²) in [7, 11) is 0. The molecule has 2 unspecified atom stereocenters. The van der Waals surface area contributed by atoms with E-state index in [2.05, 4.69) is 6.58 Å². The average molecular weight is 421 g/mol. The number of hydrogen-bond acceptors (Lipinski definition) is 3. The van der Waals surface area contributed by atoms with E-state index < -0.39 is 5.92 Å². The predicted octanol–water partition coefficient (Wildman–Crippen LogP) is 7.28. The van der Waals surface area contributed by atoms with E-state index in [9.17, 15) is 4.79 Å². The maximum absolute atomic E-state index is 13.1. The minimum absolute atomic E-state index is 0.0477. The Balaban J connectivity index is 1.83. The fraction of sp³-hybridized carbons (Fsp3) is 0.192. The summed E-state index contributed by atoms with van der Waals surface area (Å²) in [6.45, 7) is 8.01. The highest BCUT2D eigenvalue weighted by atomic mass is 35.5. The van der Waals surface area contributed by atoms with E-state index in [0.717, 1.165) is 11.3 Å². The van der Waals surface area contributed by atoms with Gasteiger partial charge in [0, 0.05) is 10.9 Å². The first-order valence-electron chi connectivity index (χ1n) is 9.90. The van der Waals surface area contributed by atoms with E-state index in [4.69, 9.17) is 21.1 Å². The topological polar surface area (TPSA) is 35.5 Å². The van der Waals surface area contributed by atoms with Crippen LogP contribution in [0.15, 0.2) is 91.5 Å². The lowest BCUT2D eigenvalue weighted by atomic mass is 9.79. The molecule has 0 N–H and O–H groups in total. The zero-order chi connectivity index (χ0) is 21.5. The Morgan fingerprint density at radius 1 is 0.900 bits per heavy atom. The molecule has 0 fully saturated rings.